The highest BCUT2D eigenvalue weighted by Gasteiger charge is 2.26. The number of benzene rings is 1. The van der Waals surface area contributed by atoms with E-state index in [-0.39, 0.29) is 5.91 Å². The normalized spacial score (nSPS) is 15.2. The van der Waals surface area contributed by atoms with Crippen LogP contribution in [0.25, 0.3) is 10.2 Å². The number of aryl methyl sites for hydroxylation is 2. The van der Waals surface area contributed by atoms with Crippen LogP contribution in [0.15, 0.2) is 24.5 Å². The summed E-state index contributed by atoms with van der Waals surface area (Å²) in [6.07, 6.45) is 3.44. The van der Waals surface area contributed by atoms with Crippen molar-refractivity contribution in [2.45, 2.75) is 6.92 Å². The Bertz CT molecular complexity index is 942. The number of rotatable bonds is 2. The molecule has 0 unspecified atom stereocenters. The van der Waals surface area contributed by atoms with Crippen LogP contribution >= 0.6 is 22.9 Å². The number of carbonyl (C=O) groups excluding carboxylic acids is 1. The van der Waals surface area contributed by atoms with Crippen LogP contribution in [-0.2, 0) is 7.05 Å². The van der Waals surface area contributed by atoms with Gasteiger partial charge in [0, 0.05) is 50.6 Å². The van der Waals surface area contributed by atoms with Gasteiger partial charge in [0.2, 0.25) is 0 Å². The molecule has 1 aliphatic heterocycles. The van der Waals surface area contributed by atoms with Crippen molar-refractivity contribution in [3.05, 3.63) is 40.9 Å². The van der Waals surface area contributed by atoms with Crippen molar-refractivity contribution in [1.29, 1.82) is 0 Å². The Kier molecular flexibility index (Phi) is 4.13. The van der Waals surface area contributed by atoms with Crippen LogP contribution in [0, 0.1) is 6.92 Å². The first-order valence-electron chi connectivity index (χ1n) is 8.12. The molecule has 3 heterocycles. The van der Waals surface area contributed by atoms with E-state index in [1.165, 1.54) is 0 Å². The van der Waals surface area contributed by atoms with E-state index in [1.54, 1.807) is 28.3 Å². The fourth-order valence-electron chi connectivity index (χ4n) is 3.04. The Hall–Kier alpha value is -2.12. The van der Waals surface area contributed by atoms with Crippen LogP contribution in [-0.4, -0.2) is 51.5 Å². The van der Waals surface area contributed by atoms with Gasteiger partial charge in [-0.05, 0) is 24.6 Å². The van der Waals surface area contributed by atoms with Gasteiger partial charge in [0.15, 0.2) is 11.0 Å². The highest BCUT2D eigenvalue weighted by molar-refractivity contribution is 7.22. The maximum atomic E-state index is 12.5. The zero-order chi connectivity index (χ0) is 17.6. The smallest absolute Gasteiger partial charge is 0.289 e. The van der Waals surface area contributed by atoms with Gasteiger partial charge in [-0.1, -0.05) is 22.9 Å². The number of hydrogen-bond donors (Lipinski definition) is 0. The molecule has 0 saturated carbocycles. The first kappa shape index (κ1) is 16.4. The Balaban J connectivity index is 1.50. The van der Waals surface area contributed by atoms with Crippen molar-refractivity contribution in [3.8, 4) is 0 Å². The van der Waals surface area contributed by atoms with Crippen LogP contribution in [0.3, 0.4) is 0 Å². The minimum atomic E-state index is -0.0147. The zero-order valence-corrected chi connectivity index (χ0v) is 15.6. The lowest BCUT2D eigenvalue weighted by atomic mass is 10.2. The van der Waals surface area contributed by atoms with Crippen molar-refractivity contribution < 1.29 is 4.79 Å². The van der Waals surface area contributed by atoms with Gasteiger partial charge in [-0.25, -0.2) is 9.97 Å². The maximum Gasteiger partial charge on any atom is 0.289 e. The maximum absolute atomic E-state index is 12.5. The van der Waals surface area contributed by atoms with Gasteiger partial charge in [0.1, 0.15) is 0 Å². The Morgan fingerprint density at radius 1 is 1.24 bits per heavy atom. The number of aromatic nitrogens is 3. The standard InChI is InChI=1S/C17H18ClN5OS/c1-11-12(18)3-4-13-14(11)20-17(25-13)23-9-7-22(8-10-23)16(24)15-19-5-6-21(15)2/h3-6H,7-10H2,1-2H3. The van der Waals surface area contributed by atoms with Gasteiger partial charge in [-0.15, -0.1) is 0 Å². The van der Waals surface area contributed by atoms with E-state index in [0.717, 1.165) is 39.0 Å². The molecule has 1 amide bonds. The number of anilines is 1. The number of imidazole rings is 1. The van der Waals surface area contributed by atoms with E-state index >= 15 is 0 Å². The lowest BCUT2D eigenvalue weighted by molar-refractivity contribution is 0.0731. The molecule has 0 N–H and O–H groups in total. The number of nitrogens with zero attached hydrogens (tertiary/aromatic N) is 5. The third-order valence-electron chi connectivity index (χ3n) is 4.59. The molecule has 1 aromatic carbocycles. The lowest BCUT2D eigenvalue weighted by Crippen LogP contribution is -2.49. The number of thiazole rings is 1. The van der Waals surface area contributed by atoms with Gasteiger partial charge in [0.05, 0.1) is 10.2 Å². The van der Waals surface area contributed by atoms with E-state index in [0.29, 0.717) is 18.9 Å². The summed E-state index contributed by atoms with van der Waals surface area (Å²) in [6, 6.07) is 3.94. The topological polar surface area (TPSA) is 54.3 Å². The predicted molar refractivity (Wildman–Crippen MR) is 101 cm³/mol. The second-order valence-electron chi connectivity index (χ2n) is 6.16. The van der Waals surface area contributed by atoms with Crippen molar-refractivity contribution in [3.63, 3.8) is 0 Å². The number of piperazine rings is 1. The Labute approximate surface area is 154 Å². The van der Waals surface area contributed by atoms with Gasteiger partial charge in [-0.2, -0.15) is 0 Å². The van der Waals surface area contributed by atoms with E-state index in [9.17, 15) is 4.79 Å². The number of hydrogen-bond acceptors (Lipinski definition) is 5. The summed E-state index contributed by atoms with van der Waals surface area (Å²) < 4.78 is 2.90. The van der Waals surface area contributed by atoms with Crippen molar-refractivity contribution >= 4 is 44.2 Å². The number of fused-ring (bicyclic) bond motifs is 1. The minimum absolute atomic E-state index is 0.0147. The minimum Gasteiger partial charge on any atom is -0.345 e. The molecular formula is C17H18ClN5OS. The largest absolute Gasteiger partial charge is 0.345 e. The van der Waals surface area contributed by atoms with E-state index < -0.39 is 0 Å². The highest BCUT2D eigenvalue weighted by atomic mass is 35.5. The summed E-state index contributed by atoms with van der Waals surface area (Å²) in [7, 11) is 1.84. The summed E-state index contributed by atoms with van der Waals surface area (Å²) in [5.41, 5.74) is 1.99. The summed E-state index contributed by atoms with van der Waals surface area (Å²) in [5, 5.41) is 1.74. The molecule has 3 aromatic rings. The Morgan fingerprint density at radius 2 is 2.00 bits per heavy atom. The van der Waals surface area contributed by atoms with Crippen molar-refractivity contribution in [2.75, 3.05) is 31.1 Å². The van der Waals surface area contributed by atoms with Gasteiger partial charge in [0.25, 0.3) is 5.91 Å². The molecule has 1 aliphatic rings. The number of carbonyl (C=O) groups is 1. The third-order valence-corrected chi connectivity index (χ3v) is 6.08. The van der Waals surface area contributed by atoms with Crippen LogP contribution in [0.4, 0.5) is 5.13 Å². The lowest BCUT2D eigenvalue weighted by Gasteiger charge is -2.34. The van der Waals surface area contributed by atoms with Crippen LogP contribution < -0.4 is 4.90 Å². The fourth-order valence-corrected chi connectivity index (χ4v) is 4.27. The molecule has 130 valence electrons. The first-order chi connectivity index (χ1) is 12.0. The molecule has 4 rings (SSSR count). The first-order valence-corrected chi connectivity index (χ1v) is 9.31. The van der Waals surface area contributed by atoms with Crippen molar-refractivity contribution in [2.24, 2.45) is 7.05 Å². The average molecular weight is 376 g/mol. The molecule has 1 saturated heterocycles. The molecule has 0 bridgehead atoms. The molecule has 0 radical (unpaired) electrons. The molecular weight excluding hydrogens is 358 g/mol. The molecule has 0 atom stereocenters. The SMILES string of the molecule is Cc1c(Cl)ccc2sc(N3CCN(C(=O)c4nccn4C)CC3)nc12. The summed E-state index contributed by atoms with van der Waals surface area (Å²) in [5.74, 6) is 0.470. The average Bonchev–Trinajstić information content (AvgIpc) is 3.24. The van der Waals surface area contributed by atoms with Gasteiger partial charge >= 0.3 is 0 Å². The van der Waals surface area contributed by atoms with Gasteiger partial charge in [-0.3, -0.25) is 4.79 Å². The van der Waals surface area contributed by atoms with Crippen LogP contribution in [0.1, 0.15) is 16.2 Å². The molecule has 8 heteroatoms. The summed E-state index contributed by atoms with van der Waals surface area (Å²) >= 11 is 7.87. The molecule has 2 aromatic heterocycles. The Morgan fingerprint density at radius 3 is 2.68 bits per heavy atom. The highest BCUT2D eigenvalue weighted by Crippen LogP contribution is 2.33. The second kappa shape index (κ2) is 6.31. The molecule has 25 heavy (non-hydrogen) atoms. The van der Waals surface area contributed by atoms with E-state index in [2.05, 4.69) is 9.88 Å². The summed E-state index contributed by atoms with van der Waals surface area (Å²) in [4.78, 5) is 25.6. The summed E-state index contributed by atoms with van der Waals surface area (Å²) in [6.45, 7) is 4.87. The van der Waals surface area contributed by atoms with Crippen LogP contribution in [0.5, 0.6) is 0 Å². The van der Waals surface area contributed by atoms with Gasteiger partial charge < -0.3 is 14.4 Å². The van der Waals surface area contributed by atoms with E-state index in [1.807, 2.05) is 31.0 Å². The second-order valence-corrected chi connectivity index (χ2v) is 7.57. The molecule has 1 fully saturated rings. The van der Waals surface area contributed by atoms with Crippen LogP contribution in [0.2, 0.25) is 5.02 Å². The fraction of sp³-hybridized carbons (Fsp3) is 0.353. The predicted octanol–water partition coefficient (Wildman–Crippen LogP) is 2.95. The molecule has 0 aliphatic carbocycles. The monoisotopic (exact) mass is 375 g/mol. The van der Waals surface area contributed by atoms with E-state index in [4.69, 9.17) is 16.6 Å². The number of halogens is 1. The molecule has 0 spiro atoms. The van der Waals surface area contributed by atoms with Crippen molar-refractivity contribution in [1.82, 2.24) is 19.4 Å². The molecule has 6 nitrogen and oxygen atoms in total. The number of amides is 1. The zero-order valence-electron chi connectivity index (χ0n) is 14.1. The third kappa shape index (κ3) is 2.87. The quantitative estimate of drug-likeness (QED) is 0.691.